The third-order valence-corrected chi connectivity index (χ3v) is 5.12. The topological polar surface area (TPSA) is 64.0 Å². The highest BCUT2D eigenvalue weighted by Gasteiger charge is 2.15. The van der Waals surface area contributed by atoms with Gasteiger partial charge in [-0.15, -0.1) is 0 Å². The third kappa shape index (κ3) is 4.42. The molecule has 0 aliphatic heterocycles. The number of imidazole rings is 1. The quantitative estimate of drug-likeness (QED) is 0.449. The van der Waals surface area contributed by atoms with Crippen molar-refractivity contribution in [2.45, 2.75) is 13.0 Å². The predicted octanol–water partition coefficient (Wildman–Crippen LogP) is 4.55. The van der Waals surface area contributed by atoms with Crippen molar-refractivity contribution in [1.29, 1.82) is 0 Å². The number of aromatic nitrogens is 2. The average Bonchev–Trinajstić information content (AvgIpc) is 3.12. The van der Waals surface area contributed by atoms with E-state index in [1.807, 2.05) is 59.2 Å². The summed E-state index contributed by atoms with van der Waals surface area (Å²) in [5, 5.41) is 3.49. The number of amides is 1. The zero-order valence-corrected chi connectivity index (χ0v) is 17.0. The number of nitrogens with one attached hydrogen (secondary N) is 1. The Hall–Kier alpha value is -3.44. The molecule has 150 valence electrons. The Balaban J connectivity index is 1.50. The molecule has 0 radical (unpaired) electrons. The Morgan fingerprint density at radius 3 is 2.33 bits per heavy atom. The first kappa shape index (κ1) is 19.9. The standard InChI is InChI=1S/C24H20ClN3O2/c25-19-12-10-18(11-13-19)24(30)26-15-14-23-27-20-8-4-5-9-21(20)28(23)16-22(29)17-6-2-1-3-7-17/h1-13H,14-16H2,(H,26,30). The van der Waals surface area contributed by atoms with Crippen LogP contribution >= 0.6 is 11.6 Å². The summed E-state index contributed by atoms with van der Waals surface area (Å²) in [7, 11) is 0. The van der Waals surface area contributed by atoms with E-state index in [9.17, 15) is 9.59 Å². The van der Waals surface area contributed by atoms with Crippen molar-refractivity contribution in [3.8, 4) is 0 Å². The van der Waals surface area contributed by atoms with Crippen molar-refractivity contribution >= 4 is 34.3 Å². The van der Waals surface area contributed by atoms with Crippen molar-refractivity contribution in [3.05, 3.63) is 101 Å². The molecule has 4 rings (SSSR count). The van der Waals surface area contributed by atoms with E-state index < -0.39 is 0 Å². The molecular formula is C24H20ClN3O2. The van der Waals surface area contributed by atoms with Crippen molar-refractivity contribution < 1.29 is 9.59 Å². The van der Waals surface area contributed by atoms with Crippen LogP contribution in [0.2, 0.25) is 5.02 Å². The van der Waals surface area contributed by atoms with Gasteiger partial charge in [-0.2, -0.15) is 0 Å². The lowest BCUT2D eigenvalue weighted by Crippen LogP contribution is -2.26. The molecule has 6 heteroatoms. The molecule has 4 aromatic rings. The molecular weight excluding hydrogens is 398 g/mol. The van der Waals surface area contributed by atoms with Crippen LogP contribution < -0.4 is 5.32 Å². The summed E-state index contributed by atoms with van der Waals surface area (Å²) in [5.74, 6) is 0.608. The summed E-state index contributed by atoms with van der Waals surface area (Å²) in [5.41, 5.74) is 2.95. The van der Waals surface area contributed by atoms with E-state index in [0.29, 0.717) is 29.1 Å². The number of ketones is 1. The van der Waals surface area contributed by atoms with Crippen LogP contribution in [0.5, 0.6) is 0 Å². The fourth-order valence-electron chi connectivity index (χ4n) is 3.34. The highest BCUT2D eigenvalue weighted by Crippen LogP contribution is 2.18. The second-order valence-corrected chi connectivity index (χ2v) is 7.34. The Bertz CT molecular complexity index is 1180. The van der Waals surface area contributed by atoms with Crippen LogP contribution in [0.1, 0.15) is 26.5 Å². The van der Waals surface area contributed by atoms with E-state index in [0.717, 1.165) is 16.9 Å². The molecule has 30 heavy (non-hydrogen) atoms. The summed E-state index contributed by atoms with van der Waals surface area (Å²) in [6, 6.07) is 23.7. The summed E-state index contributed by atoms with van der Waals surface area (Å²) in [6.45, 7) is 0.606. The molecule has 0 aliphatic rings. The Morgan fingerprint density at radius 1 is 0.867 bits per heavy atom. The molecule has 5 nitrogen and oxygen atoms in total. The third-order valence-electron chi connectivity index (χ3n) is 4.87. The van der Waals surface area contributed by atoms with Crippen molar-refractivity contribution in [2.75, 3.05) is 6.54 Å². The molecule has 1 heterocycles. The number of benzene rings is 3. The lowest BCUT2D eigenvalue weighted by atomic mass is 10.1. The van der Waals surface area contributed by atoms with Gasteiger partial charge in [-0.05, 0) is 36.4 Å². The molecule has 1 aromatic heterocycles. The summed E-state index contributed by atoms with van der Waals surface area (Å²) >= 11 is 5.87. The lowest BCUT2D eigenvalue weighted by molar-refractivity contribution is 0.0948. The lowest BCUT2D eigenvalue weighted by Gasteiger charge is -2.10. The molecule has 0 bridgehead atoms. The van der Waals surface area contributed by atoms with Crippen LogP contribution in [0.4, 0.5) is 0 Å². The first-order valence-corrected chi connectivity index (χ1v) is 10.1. The van der Waals surface area contributed by atoms with Gasteiger partial charge in [0.05, 0.1) is 17.6 Å². The van der Waals surface area contributed by atoms with Crippen LogP contribution in [-0.2, 0) is 13.0 Å². The maximum absolute atomic E-state index is 12.8. The smallest absolute Gasteiger partial charge is 0.251 e. The summed E-state index contributed by atoms with van der Waals surface area (Å²) in [6.07, 6.45) is 0.510. The van der Waals surface area contributed by atoms with Crippen molar-refractivity contribution in [1.82, 2.24) is 14.9 Å². The van der Waals surface area contributed by atoms with Crippen LogP contribution in [-0.4, -0.2) is 27.8 Å². The Kier molecular flexibility index (Phi) is 5.91. The zero-order chi connectivity index (χ0) is 20.9. The minimum absolute atomic E-state index is 0.0187. The van der Waals surface area contributed by atoms with Gasteiger partial charge in [0.1, 0.15) is 5.82 Å². The van der Waals surface area contributed by atoms with Gasteiger partial charge in [-0.1, -0.05) is 54.1 Å². The van der Waals surface area contributed by atoms with Gasteiger partial charge in [0.2, 0.25) is 0 Å². The first-order chi connectivity index (χ1) is 14.6. The van der Waals surface area contributed by atoms with Gasteiger partial charge in [-0.25, -0.2) is 4.98 Å². The van der Waals surface area contributed by atoms with Crippen LogP contribution in [0, 0.1) is 0 Å². The molecule has 1 N–H and O–H groups in total. The summed E-state index contributed by atoms with van der Waals surface area (Å²) in [4.78, 5) is 29.8. The summed E-state index contributed by atoms with van der Waals surface area (Å²) < 4.78 is 1.93. The SMILES string of the molecule is O=C(Cn1c(CCNC(=O)c2ccc(Cl)cc2)nc2ccccc21)c1ccccc1. The minimum Gasteiger partial charge on any atom is -0.352 e. The molecule has 0 aliphatic carbocycles. The fourth-order valence-corrected chi connectivity index (χ4v) is 3.47. The number of fused-ring (bicyclic) bond motifs is 1. The van der Waals surface area contributed by atoms with Crippen LogP contribution in [0.3, 0.4) is 0 Å². The normalized spacial score (nSPS) is 10.8. The van der Waals surface area contributed by atoms with Gasteiger partial charge < -0.3 is 9.88 Å². The number of carbonyl (C=O) groups is 2. The number of halogens is 1. The number of hydrogen-bond donors (Lipinski definition) is 1. The molecule has 0 saturated carbocycles. The largest absolute Gasteiger partial charge is 0.352 e. The maximum Gasteiger partial charge on any atom is 0.251 e. The number of nitrogens with zero attached hydrogens (tertiary/aromatic N) is 2. The monoisotopic (exact) mass is 417 g/mol. The van der Waals surface area contributed by atoms with E-state index in [-0.39, 0.29) is 18.2 Å². The van der Waals surface area contributed by atoms with Crippen molar-refractivity contribution in [3.63, 3.8) is 0 Å². The fraction of sp³-hybridized carbons (Fsp3) is 0.125. The van der Waals surface area contributed by atoms with E-state index in [1.54, 1.807) is 24.3 Å². The number of para-hydroxylation sites is 2. The molecule has 0 fully saturated rings. The van der Waals surface area contributed by atoms with E-state index >= 15 is 0 Å². The molecule has 0 spiro atoms. The van der Waals surface area contributed by atoms with Gasteiger partial charge in [-0.3, -0.25) is 9.59 Å². The van der Waals surface area contributed by atoms with Crippen LogP contribution in [0.25, 0.3) is 11.0 Å². The first-order valence-electron chi connectivity index (χ1n) is 9.68. The van der Waals surface area contributed by atoms with Gasteiger partial charge in [0.25, 0.3) is 5.91 Å². The Morgan fingerprint density at radius 2 is 1.57 bits per heavy atom. The molecule has 0 unspecified atom stereocenters. The molecule has 0 atom stereocenters. The van der Waals surface area contributed by atoms with Gasteiger partial charge in [0.15, 0.2) is 5.78 Å². The number of carbonyl (C=O) groups excluding carboxylic acids is 2. The van der Waals surface area contributed by atoms with E-state index in [4.69, 9.17) is 11.6 Å². The van der Waals surface area contributed by atoms with Gasteiger partial charge in [0, 0.05) is 29.1 Å². The molecule has 1 amide bonds. The number of hydrogen-bond acceptors (Lipinski definition) is 3. The highest BCUT2D eigenvalue weighted by molar-refractivity contribution is 6.30. The highest BCUT2D eigenvalue weighted by atomic mass is 35.5. The number of rotatable bonds is 7. The second-order valence-electron chi connectivity index (χ2n) is 6.90. The minimum atomic E-state index is -0.172. The molecule has 0 saturated heterocycles. The van der Waals surface area contributed by atoms with Crippen molar-refractivity contribution in [2.24, 2.45) is 0 Å². The average molecular weight is 418 g/mol. The molecule has 3 aromatic carbocycles. The van der Waals surface area contributed by atoms with Crippen LogP contribution in [0.15, 0.2) is 78.9 Å². The second kappa shape index (κ2) is 8.93. The maximum atomic E-state index is 12.8. The zero-order valence-electron chi connectivity index (χ0n) is 16.2. The van der Waals surface area contributed by atoms with E-state index in [2.05, 4.69) is 10.3 Å². The number of Topliss-reactive ketones (excluding diaryl/α,β-unsaturated/α-hetero) is 1. The van der Waals surface area contributed by atoms with Gasteiger partial charge >= 0.3 is 0 Å². The predicted molar refractivity (Wildman–Crippen MR) is 118 cm³/mol. The Labute approximate surface area is 179 Å². The van der Waals surface area contributed by atoms with E-state index in [1.165, 1.54) is 0 Å².